The van der Waals surface area contributed by atoms with Crippen molar-refractivity contribution in [1.29, 1.82) is 0 Å². The first-order valence-electron chi connectivity index (χ1n) is 1.11. The molecule has 0 amide bonds. The van der Waals surface area contributed by atoms with Crippen LogP contribution in [0.15, 0.2) is 0 Å². The first-order valence-corrected chi connectivity index (χ1v) is 1.11. The molecule has 0 aliphatic rings. The van der Waals surface area contributed by atoms with Gasteiger partial charge >= 0.3 is 5.97 Å². The zero-order valence-electron chi connectivity index (χ0n) is 2.82. The summed E-state index contributed by atoms with van der Waals surface area (Å²) < 4.78 is 0. The maximum absolute atomic E-state index is 9.40. The Kier molecular flexibility index (Phi) is 1.53. The van der Waals surface area contributed by atoms with E-state index in [2.05, 4.69) is 4.84 Å². The predicted molar refractivity (Wildman–Crippen MR) is 14.9 cm³/mol. The number of hydrogen-bond acceptors (Lipinski definition) is 2. The Morgan fingerprint density at radius 1 is 2.00 bits per heavy atom. The minimum atomic E-state index is -0.579. The van der Waals surface area contributed by atoms with Crippen molar-refractivity contribution in [3.63, 3.8) is 0 Å². The second kappa shape index (κ2) is 1.72. The summed E-state index contributed by atoms with van der Waals surface area (Å²) >= 11 is 0. The molecule has 0 atom stereocenters. The number of carbonyl (C=O) groups is 1. The van der Waals surface area contributed by atoms with Crippen LogP contribution < -0.4 is 5.90 Å². The minimum absolute atomic E-state index is 0.579. The molecule has 1 radical (unpaired) electrons. The zero-order valence-corrected chi connectivity index (χ0v) is 2.82. The van der Waals surface area contributed by atoms with Crippen LogP contribution in [0.5, 0.6) is 0 Å². The molecule has 29 valence electrons. The lowest BCUT2D eigenvalue weighted by atomic mass is 10.8. The van der Waals surface area contributed by atoms with E-state index in [1.54, 1.807) is 0 Å². The maximum atomic E-state index is 9.40. The Labute approximate surface area is 29.7 Å². The van der Waals surface area contributed by atoms with Crippen molar-refractivity contribution < 1.29 is 9.63 Å². The van der Waals surface area contributed by atoms with E-state index in [-0.39, 0.29) is 0 Å². The highest BCUT2D eigenvalue weighted by molar-refractivity contribution is 5.65. The van der Waals surface area contributed by atoms with Gasteiger partial charge in [-0.05, 0) is 0 Å². The quantitative estimate of drug-likeness (QED) is 0.372. The average Bonchev–Trinajstić information content (AvgIpc) is 1.38. The molecule has 0 saturated heterocycles. The van der Waals surface area contributed by atoms with Crippen LogP contribution in [-0.4, -0.2) is 5.97 Å². The zero-order chi connectivity index (χ0) is 4.28. The topological polar surface area (TPSA) is 50.1 Å². The van der Waals surface area contributed by atoms with Crippen LogP contribution >= 0.6 is 0 Å². The van der Waals surface area contributed by atoms with E-state index in [0.717, 1.165) is 0 Å². The average molecular weight is 74.1 g/mol. The molecule has 5 heavy (non-hydrogen) atoms. The summed E-state index contributed by atoms with van der Waals surface area (Å²) in [4.78, 5) is 12.8. The predicted octanol–water partition coefficient (Wildman–Crippen LogP) is -0.253. The third-order valence-electron chi connectivity index (χ3n) is 0.144. The fraction of sp³-hybridized carbons (Fsp3) is 0.500. The van der Waals surface area contributed by atoms with Gasteiger partial charge in [-0.1, -0.05) is 5.90 Å². The number of carbonyl (C=O) groups excluding carboxylic acids is 1. The first kappa shape index (κ1) is 4.43. The smallest absolute Gasteiger partial charge is 0.323 e. The van der Waals surface area contributed by atoms with Gasteiger partial charge in [0.25, 0.3) is 0 Å². The molecule has 3 heteroatoms. The summed E-state index contributed by atoms with van der Waals surface area (Å²) in [6.07, 6.45) is 0. The van der Waals surface area contributed by atoms with Gasteiger partial charge in [0.05, 0.1) is 0 Å². The van der Waals surface area contributed by atoms with Gasteiger partial charge in [0, 0.05) is 6.92 Å². The van der Waals surface area contributed by atoms with E-state index >= 15 is 0 Å². The second-order valence-electron chi connectivity index (χ2n) is 0.594. The molecule has 0 bridgehead atoms. The molecule has 0 fully saturated rings. The Balaban J connectivity index is 2.85. The summed E-state index contributed by atoms with van der Waals surface area (Å²) in [5.74, 6) is 5.23. The van der Waals surface area contributed by atoms with Gasteiger partial charge in [0.1, 0.15) is 0 Å². The van der Waals surface area contributed by atoms with Crippen molar-refractivity contribution in [2.45, 2.75) is 6.92 Å². The standard InChI is InChI=1S/C2H4NO2/c1-2(4)5-3/h3H,1H3. The van der Waals surface area contributed by atoms with E-state index in [1.807, 2.05) is 0 Å². The van der Waals surface area contributed by atoms with Crippen molar-refractivity contribution in [1.82, 2.24) is 5.90 Å². The molecule has 3 nitrogen and oxygen atoms in total. The van der Waals surface area contributed by atoms with Gasteiger partial charge in [-0.25, -0.2) is 0 Å². The third-order valence-corrected chi connectivity index (χ3v) is 0.144. The van der Waals surface area contributed by atoms with E-state index < -0.39 is 5.97 Å². The molecule has 0 rings (SSSR count). The molecule has 1 N–H and O–H groups in total. The summed E-state index contributed by atoms with van der Waals surface area (Å²) in [5, 5.41) is 0. The molecule has 0 aromatic rings. The van der Waals surface area contributed by atoms with Crippen LogP contribution in [-0.2, 0) is 9.63 Å². The maximum Gasteiger partial charge on any atom is 0.323 e. The Morgan fingerprint density at radius 3 is 2.20 bits per heavy atom. The first-order chi connectivity index (χ1) is 2.27. The summed E-state index contributed by atoms with van der Waals surface area (Å²) in [7, 11) is 0. The highest BCUT2D eigenvalue weighted by atomic mass is 16.7. The fourth-order valence-corrected chi connectivity index (χ4v) is 0. The molecule has 0 aromatic carbocycles. The van der Waals surface area contributed by atoms with Crippen molar-refractivity contribution >= 4 is 5.97 Å². The van der Waals surface area contributed by atoms with E-state index in [1.165, 1.54) is 6.92 Å². The summed E-state index contributed by atoms with van der Waals surface area (Å²) in [5.41, 5.74) is 0. The Morgan fingerprint density at radius 2 is 2.20 bits per heavy atom. The van der Waals surface area contributed by atoms with Crippen molar-refractivity contribution in [3.05, 3.63) is 0 Å². The van der Waals surface area contributed by atoms with E-state index in [4.69, 9.17) is 5.90 Å². The SMILES string of the molecule is CC(=O)O[NH]. The lowest BCUT2D eigenvalue weighted by Gasteiger charge is -1.77. The van der Waals surface area contributed by atoms with Crippen LogP contribution in [0.3, 0.4) is 0 Å². The van der Waals surface area contributed by atoms with Gasteiger partial charge in [-0.3, -0.25) is 4.79 Å². The third kappa shape index (κ3) is 3.43. The summed E-state index contributed by atoms with van der Waals surface area (Å²) in [6, 6.07) is 0. The van der Waals surface area contributed by atoms with E-state index in [0.29, 0.717) is 0 Å². The lowest BCUT2D eigenvalue weighted by molar-refractivity contribution is -0.142. The molecule has 0 unspecified atom stereocenters. The summed E-state index contributed by atoms with van der Waals surface area (Å²) in [6.45, 7) is 1.17. The lowest BCUT2D eigenvalue weighted by Crippen LogP contribution is -1.92. The van der Waals surface area contributed by atoms with Crippen LogP contribution in [0.1, 0.15) is 6.92 Å². The van der Waals surface area contributed by atoms with Gasteiger partial charge in [-0.15, -0.1) is 0 Å². The van der Waals surface area contributed by atoms with Gasteiger partial charge in [0.15, 0.2) is 0 Å². The highest BCUT2D eigenvalue weighted by Crippen LogP contribution is 1.58. The van der Waals surface area contributed by atoms with Crippen LogP contribution in [0, 0.1) is 0 Å². The number of rotatable bonds is 0. The molecular formula is C2H4NO2. The van der Waals surface area contributed by atoms with Gasteiger partial charge in [0.2, 0.25) is 0 Å². The molecule has 0 aromatic heterocycles. The molecule has 0 spiro atoms. The fourth-order valence-electron chi connectivity index (χ4n) is 0. The molecule has 0 aliphatic carbocycles. The van der Waals surface area contributed by atoms with Crippen molar-refractivity contribution in [2.24, 2.45) is 0 Å². The van der Waals surface area contributed by atoms with E-state index in [9.17, 15) is 4.79 Å². The molecule has 0 heterocycles. The van der Waals surface area contributed by atoms with Gasteiger partial charge in [-0.2, -0.15) is 0 Å². The minimum Gasteiger partial charge on any atom is -0.353 e. The largest absolute Gasteiger partial charge is 0.353 e. The number of hydrogen-bond donors (Lipinski definition) is 0. The molecule has 0 saturated carbocycles. The van der Waals surface area contributed by atoms with Crippen LogP contribution in [0.4, 0.5) is 0 Å². The number of nitrogens with one attached hydrogen (secondary N) is 1. The highest BCUT2D eigenvalue weighted by Gasteiger charge is 1.78. The van der Waals surface area contributed by atoms with Crippen molar-refractivity contribution in [3.8, 4) is 0 Å². The van der Waals surface area contributed by atoms with Crippen LogP contribution in [0.25, 0.3) is 0 Å². The van der Waals surface area contributed by atoms with Crippen molar-refractivity contribution in [2.75, 3.05) is 0 Å². The Hall–Kier alpha value is -0.570. The molecular weight excluding hydrogens is 70.0 g/mol. The molecule has 0 aliphatic heterocycles. The van der Waals surface area contributed by atoms with Crippen LogP contribution in [0.2, 0.25) is 0 Å². The monoisotopic (exact) mass is 74.0 g/mol. The second-order valence-corrected chi connectivity index (χ2v) is 0.594. The van der Waals surface area contributed by atoms with Gasteiger partial charge < -0.3 is 4.84 Å². The Bertz CT molecular complexity index is 42.9. The normalized spacial score (nSPS) is 6.80.